The van der Waals surface area contributed by atoms with Gasteiger partial charge < -0.3 is 15.3 Å². The Morgan fingerprint density at radius 2 is 1.85 bits per heavy atom. The highest BCUT2D eigenvalue weighted by molar-refractivity contribution is 5.18. The number of nitrogens with zero attached hydrogens (tertiary/aromatic N) is 1. The van der Waals surface area contributed by atoms with Crippen molar-refractivity contribution in [2.24, 2.45) is 5.92 Å². The number of hydrogen-bond acceptors (Lipinski definition) is 3. The molecule has 3 heteroatoms. The number of rotatable bonds is 5. The normalized spacial score (nSPS) is 31.4. The first-order valence-corrected chi connectivity index (χ1v) is 7.89. The van der Waals surface area contributed by atoms with Gasteiger partial charge in [0, 0.05) is 12.1 Å². The molecule has 3 rings (SSSR count). The van der Waals surface area contributed by atoms with Crippen LogP contribution in [0.2, 0.25) is 0 Å². The summed E-state index contributed by atoms with van der Waals surface area (Å²) in [6, 6.07) is 11.9. The van der Waals surface area contributed by atoms with Gasteiger partial charge in [-0.25, -0.2) is 0 Å². The Kier molecular flexibility index (Phi) is 4.39. The van der Waals surface area contributed by atoms with Crippen LogP contribution in [0.25, 0.3) is 0 Å². The van der Waals surface area contributed by atoms with Gasteiger partial charge in [-0.1, -0.05) is 30.3 Å². The highest BCUT2D eigenvalue weighted by Gasteiger charge is 2.38. The fourth-order valence-corrected chi connectivity index (χ4v) is 3.97. The average Bonchev–Trinajstić information content (AvgIpc) is 2.71. The minimum atomic E-state index is 0.0773. The molecule has 110 valence electrons. The first kappa shape index (κ1) is 14.1. The lowest BCUT2D eigenvalue weighted by Crippen LogP contribution is -2.43. The van der Waals surface area contributed by atoms with Crippen molar-refractivity contribution >= 4 is 0 Å². The van der Waals surface area contributed by atoms with Gasteiger partial charge in [-0.05, 0) is 50.8 Å². The second-order valence-corrected chi connectivity index (χ2v) is 6.44. The van der Waals surface area contributed by atoms with E-state index in [2.05, 4.69) is 29.4 Å². The highest BCUT2D eigenvalue weighted by atomic mass is 16.3. The van der Waals surface area contributed by atoms with Gasteiger partial charge >= 0.3 is 0 Å². The largest absolute Gasteiger partial charge is 0.394 e. The van der Waals surface area contributed by atoms with E-state index >= 15 is 0 Å². The average molecular weight is 274 g/mol. The van der Waals surface area contributed by atoms with E-state index in [1.165, 1.54) is 31.2 Å². The lowest BCUT2D eigenvalue weighted by atomic mass is 9.90. The number of benzene rings is 1. The minimum Gasteiger partial charge on any atom is -0.394 e. The first-order chi connectivity index (χ1) is 9.78. The molecule has 0 spiro atoms. The van der Waals surface area contributed by atoms with E-state index in [9.17, 15) is 5.11 Å². The van der Waals surface area contributed by atoms with Crippen LogP contribution in [0.5, 0.6) is 0 Å². The molecule has 2 N–H and O–H groups in total. The Balaban J connectivity index is 1.54. The lowest BCUT2D eigenvalue weighted by molar-refractivity contribution is 0.128. The van der Waals surface area contributed by atoms with Gasteiger partial charge in [-0.3, -0.25) is 0 Å². The van der Waals surface area contributed by atoms with Crippen LogP contribution in [0.1, 0.15) is 37.3 Å². The summed E-state index contributed by atoms with van der Waals surface area (Å²) in [5.74, 6) is 0.765. The molecule has 2 heterocycles. The maximum absolute atomic E-state index is 9.60. The Labute approximate surface area is 122 Å². The van der Waals surface area contributed by atoms with E-state index < -0.39 is 0 Å². The molecular weight excluding hydrogens is 248 g/mol. The molecule has 2 aliphatic heterocycles. The zero-order valence-electron chi connectivity index (χ0n) is 12.3. The second kappa shape index (κ2) is 6.25. The first-order valence-electron chi connectivity index (χ1n) is 7.89. The van der Waals surface area contributed by atoms with Crippen molar-refractivity contribution in [2.45, 2.75) is 43.8 Å². The molecule has 20 heavy (non-hydrogen) atoms. The highest BCUT2D eigenvalue weighted by Crippen LogP contribution is 2.37. The Bertz CT molecular complexity index is 408. The van der Waals surface area contributed by atoms with E-state index in [1.807, 2.05) is 18.2 Å². The zero-order chi connectivity index (χ0) is 13.9. The van der Waals surface area contributed by atoms with Crippen LogP contribution in [0, 0.1) is 5.92 Å². The third kappa shape index (κ3) is 2.90. The quantitative estimate of drug-likeness (QED) is 0.864. The van der Waals surface area contributed by atoms with Crippen molar-refractivity contribution in [2.75, 3.05) is 20.2 Å². The van der Waals surface area contributed by atoms with Crippen LogP contribution in [-0.4, -0.2) is 42.3 Å². The Morgan fingerprint density at radius 1 is 1.20 bits per heavy atom. The molecule has 2 aliphatic rings. The summed E-state index contributed by atoms with van der Waals surface area (Å²) in [5.41, 5.74) is 1.19. The van der Waals surface area contributed by atoms with Crippen molar-refractivity contribution in [3.05, 3.63) is 35.9 Å². The molecule has 0 aliphatic carbocycles. The van der Waals surface area contributed by atoms with Gasteiger partial charge in [-0.2, -0.15) is 0 Å². The summed E-state index contributed by atoms with van der Waals surface area (Å²) >= 11 is 0. The van der Waals surface area contributed by atoms with Gasteiger partial charge in [-0.15, -0.1) is 0 Å². The topological polar surface area (TPSA) is 35.5 Å². The van der Waals surface area contributed by atoms with Crippen molar-refractivity contribution < 1.29 is 5.11 Å². The summed E-state index contributed by atoms with van der Waals surface area (Å²) in [5, 5.41) is 13.2. The van der Waals surface area contributed by atoms with Crippen LogP contribution < -0.4 is 5.32 Å². The van der Waals surface area contributed by atoms with Crippen LogP contribution in [0.3, 0.4) is 0 Å². The number of fused-ring (bicyclic) bond motifs is 2. The Morgan fingerprint density at radius 3 is 2.45 bits per heavy atom. The van der Waals surface area contributed by atoms with Gasteiger partial charge in [0.2, 0.25) is 0 Å². The molecule has 0 aromatic heterocycles. The molecular formula is C17H26N2O. The predicted molar refractivity (Wildman–Crippen MR) is 81.6 cm³/mol. The van der Waals surface area contributed by atoms with Crippen LogP contribution in [0.4, 0.5) is 0 Å². The summed E-state index contributed by atoms with van der Waals surface area (Å²) < 4.78 is 0. The predicted octanol–water partition coefficient (Wildman–Crippen LogP) is 2.18. The maximum atomic E-state index is 9.60. The number of piperidine rings is 1. The molecule has 2 bridgehead atoms. The zero-order valence-corrected chi connectivity index (χ0v) is 12.3. The van der Waals surface area contributed by atoms with Crippen LogP contribution >= 0.6 is 0 Å². The van der Waals surface area contributed by atoms with E-state index in [0.717, 1.165) is 24.5 Å². The van der Waals surface area contributed by atoms with Crippen LogP contribution in [0.15, 0.2) is 30.3 Å². The second-order valence-electron chi connectivity index (χ2n) is 6.44. The molecule has 3 unspecified atom stereocenters. The number of aliphatic hydroxyl groups is 1. The summed E-state index contributed by atoms with van der Waals surface area (Å²) in [4.78, 5) is 2.58. The van der Waals surface area contributed by atoms with Crippen molar-refractivity contribution in [1.82, 2.24) is 10.2 Å². The minimum absolute atomic E-state index is 0.0773. The number of nitrogens with one attached hydrogen (secondary N) is 1. The summed E-state index contributed by atoms with van der Waals surface area (Å²) in [6.07, 6.45) is 5.37. The third-order valence-corrected chi connectivity index (χ3v) is 5.23. The molecule has 0 radical (unpaired) electrons. The third-order valence-electron chi connectivity index (χ3n) is 5.23. The van der Waals surface area contributed by atoms with E-state index in [1.54, 1.807) is 0 Å². The fourth-order valence-electron chi connectivity index (χ4n) is 3.97. The smallest absolute Gasteiger partial charge is 0.0626 e. The SMILES string of the molecule is CN1C2CCC1CC(CNC(CO)c1ccccc1)C2. The molecule has 3 atom stereocenters. The van der Waals surface area contributed by atoms with Gasteiger partial charge in [0.25, 0.3) is 0 Å². The molecule has 0 amide bonds. The van der Waals surface area contributed by atoms with E-state index in [-0.39, 0.29) is 12.6 Å². The van der Waals surface area contributed by atoms with Gasteiger partial charge in [0.15, 0.2) is 0 Å². The monoisotopic (exact) mass is 274 g/mol. The van der Waals surface area contributed by atoms with E-state index in [4.69, 9.17) is 0 Å². The van der Waals surface area contributed by atoms with Gasteiger partial charge in [0.1, 0.15) is 0 Å². The molecule has 1 aromatic carbocycles. The van der Waals surface area contributed by atoms with E-state index in [0.29, 0.717) is 0 Å². The molecule has 1 aromatic rings. The van der Waals surface area contributed by atoms with Crippen molar-refractivity contribution in [1.29, 1.82) is 0 Å². The molecule has 0 saturated carbocycles. The standard InChI is InChI=1S/C17H26N2O/c1-19-15-7-8-16(19)10-13(9-15)11-18-17(12-20)14-5-3-2-4-6-14/h2-6,13,15-18,20H,7-12H2,1H3. The fraction of sp³-hybridized carbons (Fsp3) is 0.647. The lowest BCUT2D eigenvalue weighted by Gasteiger charge is -2.37. The number of aliphatic hydroxyl groups excluding tert-OH is 1. The molecule has 3 nitrogen and oxygen atoms in total. The maximum Gasteiger partial charge on any atom is 0.0626 e. The summed E-state index contributed by atoms with van der Waals surface area (Å²) in [7, 11) is 2.28. The summed E-state index contributed by atoms with van der Waals surface area (Å²) in [6.45, 7) is 1.20. The van der Waals surface area contributed by atoms with Crippen LogP contribution in [-0.2, 0) is 0 Å². The van der Waals surface area contributed by atoms with Crippen molar-refractivity contribution in [3.8, 4) is 0 Å². The molecule has 2 saturated heterocycles. The Hall–Kier alpha value is -0.900. The van der Waals surface area contributed by atoms with Crippen molar-refractivity contribution in [3.63, 3.8) is 0 Å². The molecule has 2 fully saturated rings. The number of hydrogen-bond donors (Lipinski definition) is 2. The van der Waals surface area contributed by atoms with Gasteiger partial charge in [0.05, 0.1) is 12.6 Å².